The van der Waals surface area contributed by atoms with Gasteiger partial charge in [0.2, 0.25) is 0 Å². The van der Waals surface area contributed by atoms with E-state index in [0.717, 1.165) is 0 Å². The number of rotatable bonds is 0. The Balaban J connectivity index is -0.000000000215. The van der Waals surface area contributed by atoms with E-state index in [1.54, 1.807) is 6.26 Å². The molecule has 0 saturated carbocycles. The maximum absolute atomic E-state index is 8.00. The minimum absolute atomic E-state index is 0. The van der Waals surface area contributed by atoms with Crippen molar-refractivity contribution in [2.75, 3.05) is 6.26 Å². The normalized spacial score (nSPS) is 0.583. The zero-order chi connectivity index (χ0) is 6.00. The van der Waals surface area contributed by atoms with Gasteiger partial charge in [0.25, 0.3) is 0 Å². The van der Waals surface area contributed by atoms with Gasteiger partial charge in [-0.2, -0.15) is 134 Å². The van der Waals surface area contributed by atoms with Crippen LogP contribution < -0.4 is 6.15 Å². The summed E-state index contributed by atoms with van der Waals surface area (Å²) in [7, 11) is 0. The number of thiol groups is 1. The number of hydrogen-bond donors (Lipinski definition) is 2. The summed E-state index contributed by atoms with van der Waals surface area (Å²) in [5.41, 5.74) is 0. The van der Waals surface area contributed by atoms with Crippen LogP contribution in [0.3, 0.4) is 0 Å². The van der Waals surface area contributed by atoms with Crippen LogP contribution in [0.25, 0.3) is 0 Å². The Hall–Kier alpha value is 2.64. The second-order valence-corrected chi connectivity index (χ2v) is 0. The molecule has 0 heterocycles. The van der Waals surface area contributed by atoms with Crippen LogP contribution in [0.15, 0.2) is 0 Å². The summed E-state index contributed by atoms with van der Waals surface area (Å²) >= 11 is 3.53. The van der Waals surface area contributed by atoms with Gasteiger partial charge < -0.3 is 37.6 Å². The Labute approximate surface area is 219 Å². The highest BCUT2D eigenvalue weighted by atomic mass is 32.1. The molecule has 0 spiro atoms. The predicted octanol–water partition coefficient (Wildman–Crippen LogP) is 0.599. The van der Waals surface area contributed by atoms with Crippen molar-refractivity contribution in [3.63, 3.8) is 0 Å². The quantitative estimate of drug-likeness (QED) is 0.405. The van der Waals surface area contributed by atoms with Crippen molar-refractivity contribution in [3.05, 3.63) is 0 Å². The van der Waals surface area contributed by atoms with Crippen molar-refractivity contribution in [1.82, 2.24) is 6.15 Å². The van der Waals surface area contributed by atoms with E-state index in [0.29, 0.717) is 0 Å². The molecular formula is C7H53NO6S10. The first kappa shape index (κ1) is 551. The summed E-state index contributed by atoms with van der Waals surface area (Å²) in [6, 6.07) is 0. The monoisotopic (exact) mass is 567 g/mol. The summed E-state index contributed by atoms with van der Waals surface area (Å²) in [5.74, 6) is 0. The van der Waals surface area contributed by atoms with E-state index < -0.39 is 0 Å². The first-order valence-corrected chi connectivity index (χ1v) is 1.92. The molecule has 0 fully saturated rings. The van der Waals surface area contributed by atoms with Gasteiger partial charge in [0.05, 0.1) is 0 Å². The molecule has 7 nitrogen and oxygen atoms in total. The lowest BCUT2D eigenvalue weighted by Gasteiger charge is -1.11. The van der Waals surface area contributed by atoms with Crippen LogP contribution in [0, 0.1) is 0 Å². The SMILES string of the molecule is C.C.C.C.C=O.C=O.CS.N.O.O.O.O.S.S.S.S.S.S.S.S.S. The first-order valence-electron chi connectivity index (χ1n) is 1.02. The van der Waals surface area contributed by atoms with Gasteiger partial charge in [-0.1, -0.05) is 29.7 Å². The van der Waals surface area contributed by atoms with Crippen LogP contribution >= 0.6 is 134 Å². The zero-order valence-corrected chi connectivity index (χ0v) is 20.8. The van der Waals surface area contributed by atoms with E-state index in [4.69, 9.17) is 9.59 Å². The maximum atomic E-state index is 8.00. The molecule has 0 radical (unpaired) electrons. The van der Waals surface area contributed by atoms with Gasteiger partial charge in [-0.25, -0.2) is 0 Å². The van der Waals surface area contributed by atoms with Gasteiger partial charge in [0.1, 0.15) is 13.6 Å². The van der Waals surface area contributed by atoms with Crippen molar-refractivity contribution in [2.24, 2.45) is 0 Å². The topological polar surface area (TPSA) is 195 Å². The number of hydrogen-bond acceptors (Lipinski definition) is 4. The molecule has 0 aliphatic carbocycles. The van der Waals surface area contributed by atoms with Gasteiger partial charge in [-0.05, 0) is 6.26 Å². The molecule has 0 unspecified atom stereocenters. The zero-order valence-electron chi connectivity index (χ0n) is 10.9. The Morgan fingerprint density at radius 3 is 0.417 bits per heavy atom. The third kappa shape index (κ3) is 1980. The molecule has 0 saturated heterocycles. The maximum Gasteiger partial charge on any atom is 0.106 e. The smallest absolute Gasteiger partial charge is 0.106 e. The number of carbonyl (C=O) groups excluding carboxylic acids is 2. The average molecular weight is 568 g/mol. The molecule has 17 heteroatoms. The Morgan fingerprint density at radius 2 is 0.417 bits per heavy atom. The third-order valence-electron chi connectivity index (χ3n) is 0. The van der Waals surface area contributed by atoms with Crippen LogP contribution in [0.5, 0.6) is 0 Å². The summed E-state index contributed by atoms with van der Waals surface area (Å²) in [4.78, 5) is 16.0. The van der Waals surface area contributed by atoms with E-state index >= 15 is 0 Å². The highest BCUT2D eigenvalue weighted by Crippen LogP contribution is 1.31. The van der Waals surface area contributed by atoms with E-state index in [-0.39, 0.29) is 179 Å². The largest absolute Gasteiger partial charge is 0.412 e. The molecule has 0 atom stereocenters. The summed E-state index contributed by atoms with van der Waals surface area (Å²) in [6.07, 6.45) is 1.69. The van der Waals surface area contributed by atoms with E-state index in [9.17, 15) is 0 Å². The second-order valence-electron chi connectivity index (χ2n) is 0. The molecule has 0 rings (SSSR count). The van der Waals surface area contributed by atoms with E-state index in [2.05, 4.69) is 12.6 Å². The molecule has 0 aromatic heterocycles. The molecule has 0 amide bonds. The van der Waals surface area contributed by atoms with Crippen LogP contribution in [0.2, 0.25) is 0 Å². The van der Waals surface area contributed by atoms with Gasteiger partial charge in [0.15, 0.2) is 0 Å². The molecule has 0 aromatic rings. The molecular weight excluding hydrogens is 515 g/mol. The van der Waals surface area contributed by atoms with Gasteiger partial charge >= 0.3 is 0 Å². The van der Waals surface area contributed by atoms with E-state index in [1.807, 2.05) is 13.6 Å². The lowest BCUT2D eigenvalue weighted by molar-refractivity contribution is -0.0987. The van der Waals surface area contributed by atoms with Crippen LogP contribution in [0.1, 0.15) is 29.7 Å². The molecule has 0 bridgehead atoms. The fraction of sp³-hybridized carbons (Fsp3) is 0.714. The fourth-order valence-electron chi connectivity index (χ4n) is 0. The summed E-state index contributed by atoms with van der Waals surface area (Å²) in [5, 5.41) is 0. The average Bonchev–Trinajstić information content (AvgIpc) is 1.81. The molecule has 0 aliphatic heterocycles. The fourth-order valence-corrected chi connectivity index (χ4v) is 0. The highest BCUT2D eigenvalue weighted by Gasteiger charge is 0.901. The highest BCUT2D eigenvalue weighted by molar-refractivity contribution is 7.79. The Bertz CT molecular complexity index is 43.7. The van der Waals surface area contributed by atoms with Crippen molar-refractivity contribution in [2.45, 2.75) is 29.7 Å². The molecule has 182 valence electrons. The lowest BCUT2D eigenvalue weighted by Crippen LogP contribution is -0.925. The Kier molecular flexibility index (Phi) is 51200. The van der Waals surface area contributed by atoms with Crippen LogP contribution in [0.4, 0.5) is 0 Å². The summed E-state index contributed by atoms with van der Waals surface area (Å²) in [6.45, 7) is 4.00. The van der Waals surface area contributed by atoms with Gasteiger partial charge in [-0.15, -0.1) is 0 Å². The van der Waals surface area contributed by atoms with Crippen molar-refractivity contribution in [3.8, 4) is 0 Å². The van der Waals surface area contributed by atoms with Crippen molar-refractivity contribution in [1.29, 1.82) is 0 Å². The third-order valence-corrected chi connectivity index (χ3v) is 0. The molecule has 0 aliphatic rings. The van der Waals surface area contributed by atoms with Crippen molar-refractivity contribution >= 4 is 148 Å². The molecule has 0 aromatic carbocycles. The lowest BCUT2D eigenvalue weighted by atomic mass is 11.9. The second kappa shape index (κ2) is 2230. The predicted molar refractivity (Wildman–Crippen MR) is 169 cm³/mol. The molecule has 11 N–H and O–H groups in total. The first-order chi connectivity index (χ1) is 3.00. The van der Waals surface area contributed by atoms with Crippen LogP contribution in [-0.4, -0.2) is 41.7 Å². The molecule has 24 heavy (non-hydrogen) atoms. The van der Waals surface area contributed by atoms with Gasteiger partial charge in [0, 0.05) is 0 Å². The minimum Gasteiger partial charge on any atom is -0.412 e. The summed E-state index contributed by atoms with van der Waals surface area (Å²) < 4.78 is 0. The van der Waals surface area contributed by atoms with E-state index in [1.165, 1.54) is 0 Å². The van der Waals surface area contributed by atoms with Crippen molar-refractivity contribution < 1.29 is 31.5 Å². The number of carbonyl (C=O) groups is 2. The minimum atomic E-state index is 0. The Morgan fingerprint density at radius 1 is 0.417 bits per heavy atom. The standard InChI is InChI=1S/2CH2O.CH4S.4CH4.H3N.4H2O.9H2S/c3*1-2;;;;;;;;;;;;;;;;;;/h2*1H2;2H,1H3;4*1H4;1H3;13*1H2. The van der Waals surface area contributed by atoms with Gasteiger partial charge in [-0.3, -0.25) is 0 Å². The van der Waals surface area contributed by atoms with Crippen LogP contribution in [-0.2, 0) is 9.59 Å².